The lowest BCUT2D eigenvalue weighted by molar-refractivity contribution is -0.132. The molecule has 0 aromatic heterocycles. The summed E-state index contributed by atoms with van der Waals surface area (Å²) in [5.41, 5.74) is 6.40. The number of hydrogen-bond acceptors (Lipinski definition) is 5. The van der Waals surface area contributed by atoms with E-state index in [1.54, 1.807) is 0 Å². The molecule has 2 atom stereocenters. The van der Waals surface area contributed by atoms with Crippen LogP contribution < -0.4 is 10.2 Å². The van der Waals surface area contributed by atoms with Crippen molar-refractivity contribution in [1.82, 2.24) is 9.80 Å². The lowest BCUT2D eigenvalue weighted by Crippen LogP contribution is -2.54. The predicted molar refractivity (Wildman–Crippen MR) is 186 cm³/mol. The van der Waals surface area contributed by atoms with Crippen molar-refractivity contribution in [2.75, 3.05) is 42.9 Å². The first kappa shape index (κ1) is 30.5. The van der Waals surface area contributed by atoms with Crippen LogP contribution in [0.2, 0.25) is 0 Å². The molecule has 46 heavy (non-hydrogen) atoms. The number of allylic oxidation sites excluding steroid dienone is 3. The fraction of sp³-hybridized carbons (Fsp3) is 0.400. The van der Waals surface area contributed by atoms with E-state index in [9.17, 15) is 9.59 Å². The number of piperazine rings is 1. The molecule has 3 aromatic rings. The van der Waals surface area contributed by atoms with Gasteiger partial charge in [0.1, 0.15) is 0 Å². The SMILES string of the molecule is CC1(C)CC(=O)C2=C(C1)Nc1ccccc1N(CC(=O)N1CCN(C(c3ccccc3)c3ccccc3)CC1)C2C1CC=CCC1. The molecular formula is C40H46N4O2. The Morgan fingerprint density at radius 3 is 2.15 bits per heavy atom. The Morgan fingerprint density at radius 2 is 1.50 bits per heavy atom. The van der Waals surface area contributed by atoms with Gasteiger partial charge in [-0.05, 0) is 60.3 Å². The predicted octanol–water partition coefficient (Wildman–Crippen LogP) is 7.22. The normalized spacial score (nSPS) is 23.1. The summed E-state index contributed by atoms with van der Waals surface area (Å²) in [4.78, 5) is 35.2. The minimum atomic E-state index is -0.134. The second kappa shape index (κ2) is 12.9. The van der Waals surface area contributed by atoms with Crippen molar-refractivity contribution >= 4 is 23.1 Å². The molecule has 2 unspecified atom stereocenters. The molecule has 1 N–H and O–H groups in total. The number of fused-ring (bicyclic) bond motifs is 1. The molecule has 0 radical (unpaired) electrons. The van der Waals surface area contributed by atoms with Crippen LogP contribution in [0.25, 0.3) is 0 Å². The first-order chi connectivity index (χ1) is 22.4. The van der Waals surface area contributed by atoms with E-state index in [2.05, 4.69) is 120 Å². The highest BCUT2D eigenvalue weighted by atomic mass is 16.2. The van der Waals surface area contributed by atoms with Crippen molar-refractivity contribution in [2.45, 2.75) is 58.0 Å². The molecule has 6 nitrogen and oxygen atoms in total. The van der Waals surface area contributed by atoms with Crippen LogP contribution in [0.5, 0.6) is 0 Å². The highest BCUT2D eigenvalue weighted by molar-refractivity contribution is 6.01. The molecule has 1 fully saturated rings. The number of carbonyl (C=O) groups is 2. The maximum Gasteiger partial charge on any atom is 0.242 e. The third kappa shape index (κ3) is 6.15. The van der Waals surface area contributed by atoms with Crippen LogP contribution in [0.3, 0.4) is 0 Å². The molecule has 7 rings (SSSR count). The first-order valence-electron chi connectivity index (χ1n) is 17.0. The molecule has 0 bridgehead atoms. The summed E-state index contributed by atoms with van der Waals surface area (Å²) in [6.45, 7) is 7.61. The molecule has 2 heterocycles. The first-order valence-corrected chi connectivity index (χ1v) is 17.0. The van der Waals surface area contributed by atoms with Gasteiger partial charge in [0.25, 0.3) is 0 Å². The van der Waals surface area contributed by atoms with E-state index in [-0.39, 0.29) is 41.7 Å². The number of rotatable bonds is 6. The van der Waals surface area contributed by atoms with E-state index in [1.807, 2.05) is 11.0 Å². The van der Waals surface area contributed by atoms with Gasteiger partial charge in [0.2, 0.25) is 5.91 Å². The molecule has 4 aliphatic rings. The van der Waals surface area contributed by atoms with Gasteiger partial charge in [-0.3, -0.25) is 14.5 Å². The Bertz CT molecular complexity index is 1580. The molecule has 0 saturated carbocycles. The van der Waals surface area contributed by atoms with Gasteiger partial charge in [0.15, 0.2) is 5.78 Å². The van der Waals surface area contributed by atoms with Gasteiger partial charge in [-0.2, -0.15) is 0 Å². The number of carbonyl (C=O) groups excluding carboxylic acids is 2. The Hall–Kier alpha value is -4.16. The van der Waals surface area contributed by atoms with Crippen molar-refractivity contribution in [1.29, 1.82) is 0 Å². The zero-order valence-corrected chi connectivity index (χ0v) is 27.2. The van der Waals surface area contributed by atoms with Gasteiger partial charge >= 0.3 is 0 Å². The quantitative estimate of drug-likeness (QED) is 0.297. The van der Waals surface area contributed by atoms with Crippen molar-refractivity contribution in [3.8, 4) is 0 Å². The minimum Gasteiger partial charge on any atom is -0.357 e. The van der Waals surface area contributed by atoms with Crippen molar-refractivity contribution < 1.29 is 9.59 Å². The maximum absolute atomic E-state index is 14.3. The van der Waals surface area contributed by atoms with Crippen LogP contribution in [-0.2, 0) is 9.59 Å². The van der Waals surface area contributed by atoms with Crippen molar-refractivity contribution in [3.05, 3.63) is 119 Å². The number of nitrogens with zero attached hydrogens (tertiary/aromatic N) is 3. The Labute approximate surface area is 273 Å². The molecule has 1 saturated heterocycles. The van der Waals surface area contributed by atoms with Crippen LogP contribution in [0.4, 0.5) is 11.4 Å². The summed E-state index contributed by atoms with van der Waals surface area (Å²) in [7, 11) is 0. The van der Waals surface area contributed by atoms with Gasteiger partial charge in [-0.1, -0.05) is 98.8 Å². The monoisotopic (exact) mass is 614 g/mol. The lowest BCUT2D eigenvalue weighted by atomic mass is 9.71. The third-order valence-electron chi connectivity index (χ3n) is 10.4. The second-order valence-electron chi connectivity index (χ2n) is 14.2. The number of nitrogens with one attached hydrogen (secondary N) is 1. The van der Waals surface area contributed by atoms with Gasteiger partial charge in [0.05, 0.1) is 30.0 Å². The van der Waals surface area contributed by atoms with Crippen LogP contribution in [0.1, 0.15) is 63.1 Å². The standard InChI is InChI=1S/C40H46N4O2/c1-40(2)26-33-37(35(45)27-40)39(31-18-10-5-11-19-31)44(34-21-13-12-20-32(34)41-33)28-36(46)42-22-24-43(25-23-42)38(29-14-6-3-7-15-29)30-16-8-4-9-17-30/h3-10,12-17,20-21,31,38-39,41H,11,18-19,22-28H2,1-2H3. The van der Waals surface area contributed by atoms with Gasteiger partial charge in [-0.15, -0.1) is 0 Å². The van der Waals surface area contributed by atoms with Crippen molar-refractivity contribution in [2.24, 2.45) is 11.3 Å². The maximum atomic E-state index is 14.3. The van der Waals surface area contributed by atoms with Crippen LogP contribution in [-0.4, -0.2) is 60.3 Å². The number of amides is 1. The zero-order valence-electron chi connectivity index (χ0n) is 27.2. The summed E-state index contributed by atoms with van der Waals surface area (Å²) in [5, 5.41) is 3.72. The Morgan fingerprint density at radius 1 is 0.848 bits per heavy atom. The summed E-state index contributed by atoms with van der Waals surface area (Å²) in [6, 6.07) is 29.7. The number of hydrogen-bond donors (Lipinski definition) is 1. The van der Waals surface area contributed by atoms with Crippen LogP contribution in [0, 0.1) is 11.3 Å². The smallest absolute Gasteiger partial charge is 0.242 e. The van der Waals surface area contributed by atoms with Crippen LogP contribution in [0.15, 0.2) is 108 Å². The summed E-state index contributed by atoms with van der Waals surface area (Å²) in [6.07, 6.45) is 8.83. The molecule has 3 aromatic carbocycles. The molecule has 2 aliphatic heterocycles. The summed E-state index contributed by atoms with van der Waals surface area (Å²) >= 11 is 0. The van der Waals surface area contributed by atoms with E-state index >= 15 is 0 Å². The average molecular weight is 615 g/mol. The number of Topliss-reactive ketones (excluding diaryl/α,β-unsaturated/α-hetero) is 1. The van der Waals surface area contributed by atoms with Crippen LogP contribution >= 0.6 is 0 Å². The number of ketones is 1. The summed E-state index contributed by atoms with van der Waals surface area (Å²) in [5.74, 6) is 0.634. The van der Waals surface area contributed by atoms with E-state index in [1.165, 1.54) is 11.1 Å². The summed E-state index contributed by atoms with van der Waals surface area (Å²) < 4.78 is 0. The van der Waals surface area contributed by atoms with E-state index in [4.69, 9.17) is 0 Å². The lowest BCUT2D eigenvalue weighted by Gasteiger charge is -2.43. The fourth-order valence-electron chi connectivity index (χ4n) is 8.22. The van der Waals surface area contributed by atoms with Crippen molar-refractivity contribution in [3.63, 3.8) is 0 Å². The van der Waals surface area contributed by atoms with E-state index in [0.29, 0.717) is 19.5 Å². The largest absolute Gasteiger partial charge is 0.357 e. The fourth-order valence-corrected chi connectivity index (χ4v) is 8.22. The highest BCUT2D eigenvalue weighted by Gasteiger charge is 2.44. The topological polar surface area (TPSA) is 55.9 Å². The van der Waals surface area contributed by atoms with Gasteiger partial charge in [0, 0.05) is 43.9 Å². The number of para-hydroxylation sites is 2. The number of benzene rings is 3. The molecule has 238 valence electrons. The average Bonchev–Trinajstić information content (AvgIpc) is 3.20. The molecule has 6 heteroatoms. The van der Waals surface area contributed by atoms with Gasteiger partial charge < -0.3 is 15.1 Å². The zero-order chi connectivity index (χ0) is 31.7. The molecule has 0 spiro atoms. The van der Waals surface area contributed by atoms with Gasteiger partial charge in [-0.25, -0.2) is 0 Å². The van der Waals surface area contributed by atoms with E-state index < -0.39 is 0 Å². The number of anilines is 2. The minimum absolute atomic E-state index is 0.100. The Kier molecular flexibility index (Phi) is 8.56. The molecule has 1 amide bonds. The molecule has 2 aliphatic carbocycles. The highest BCUT2D eigenvalue weighted by Crippen LogP contribution is 2.46. The third-order valence-corrected chi connectivity index (χ3v) is 10.4. The molecular weight excluding hydrogens is 568 g/mol. The second-order valence-corrected chi connectivity index (χ2v) is 14.2. The van der Waals surface area contributed by atoms with E-state index in [0.717, 1.165) is 61.4 Å². The Balaban J connectivity index is 1.16.